The lowest BCUT2D eigenvalue weighted by molar-refractivity contribution is -0.384. The number of aliphatic hydroxyl groups is 1. The number of rotatable bonds is 7. The third kappa shape index (κ3) is 5.36. The van der Waals surface area contributed by atoms with E-state index in [-0.39, 0.29) is 23.9 Å². The van der Waals surface area contributed by atoms with Crippen molar-refractivity contribution in [2.45, 2.75) is 32.8 Å². The maximum Gasteiger partial charge on any atom is 0.269 e. The number of amides is 1. The Kier molecular flexibility index (Phi) is 6.11. The molecule has 0 aliphatic rings. The lowest BCUT2D eigenvalue weighted by atomic mass is 10.0. The third-order valence-electron chi connectivity index (χ3n) is 3.04. The molecule has 0 saturated heterocycles. The normalized spacial score (nSPS) is 12.2. The second-order valence-electron chi connectivity index (χ2n) is 5.05. The van der Waals surface area contributed by atoms with Crippen LogP contribution in [0.4, 0.5) is 5.69 Å². The molecule has 0 heterocycles. The van der Waals surface area contributed by atoms with Gasteiger partial charge in [-0.25, -0.2) is 0 Å². The van der Waals surface area contributed by atoms with Gasteiger partial charge in [0.2, 0.25) is 5.91 Å². The van der Waals surface area contributed by atoms with Crippen LogP contribution < -0.4 is 5.32 Å². The van der Waals surface area contributed by atoms with Crippen molar-refractivity contribution in [1.29, 1.82) is 0 Å². The van der Waals surface area contributed by atoms with E-state index in [4.69, 9.17) is 0 Å². The second kappa shape index (κ2) is 7.59. The van der Waals surface area contributed by atoms with Crippen LogP contribution in [-0.2, 0) is 11.2 Å². The van der Waals surface area contributed by atoms with E-state index in [2.05, 4.69) is 5.32 Å². The van der Waals surface area contributed by atoms with E-state index in [0.717, 1.165) is 5.56 Å². The van der Waals surface area contributed by atoms with Gasteiger partial charge in [0.05, 0.1) is 17.4 Å². The van der Waals surface area contributed by atoms with Crippen molar-refractivity contribution >= 4 is 11.6 Å². The second-order valence-corrected chi connectivity index (χ2v) is 5.05. The predicted molar refractivity (Wildman–Crippen MR) is 75.3 cm³/mol. The molecular formula is C14H20N2O4. The van der Waals surface area contributed by atoms with Gasteiger partial charge < -0.3 is 10.4 Å². The van der Waals surface area contributed by atoms with E-state index < -0.39 is 11.0 Å². The molecule has 0 spiro atoms. The zero-order valence-electron chi connectivity index (χ0n) is 11.7. The lowest BCUT2D eigenvalue weighted by Gasteiger charge is -2.14. The van der Waals surface area contributed by atoms with Crippen LogP contribution in [0.1, 0.15) is 25.8 Å². The van der Waals surface area contributed by atoms with Crippen molar-refractivity contribution in [2.75, 3.05) is 6.54 Å². The molecule has 0 aliphatic carbocycles. The van der Waals surface area contributed by atoms with E-state index in [1.807, 2.05) is 13.8 Å². The minimum atomic E-state index is -0.475. The minimum Gasteiger partial charge on any atom is -0.393 e. The van der Waals surface area contributed by atoms with Gasteiger partial charge in [-0.3, -0.25) is 14.9 Å². The van der Waals surface area contributed by atoms with Crippen molar-refractivity contribution in [3.05, 3.63) is 39.9 Å². The molecule has 0 radical (unpaired) electrons. The highest BCUT2D eigenvalue weighted by molar-refractivity contribution is 5.78. The Balaban J connectivity index is 2.37. The number of benzene rings is 1. The molecule has 1 rings (SSSR count). The Morgan fingerprint density at radius 3 is 2.45 bits per heavy atom. The number of hydrogen-bond acceptors (Lipinski definition) is 4. The van der Waals surface area contributed by atoms with Gasteiger partial charge >= 0.3 is 0 Å². The fourth-order valence-corrected chi connectivity index (χ4v) is 1.68. The Morgan fingerprint density at radius 2 is 1.95 bits per heavy atom. The van der Waals surface area contributed by atoms with Gasteiger partial charge in [0.1, 0.15) is 0 Å². The fourth-order valence-electron chi connectivity index (χ4n) is 1.68. The molecule has 0 aromatic heterocycles. The summed E-state index contributed by atoms with van der Waals surface area (Å²) in [7, 11) is 0. The van der Waals surface area contributed by atoms with Crippen LogP contribution in [-0.4, -0.2) is 28.6 Å². The van der Waals surface area contributed by atoms with Gasteiger partial charge in [0.25, 0.3) is 5.69 Å². The SMILES string of the molecule is CC(C)C(O)CCNC(=O)Cc1ccc([N+](=O)[O-])cc1. The smallest absolute Gasteiger partial charge is 0.269 e. The van der Waals surface area contributed by atoms with Crippen LogP contribution in [0.5, 0.6) is 0 Å². The molecule has 0 aliphatic heterocycles. The van der Waals surface area contributed by atoms with E-state index in [1.165, 1.54) is 12.1 Å². The molecule has 1 aromatic carbocycles. The third-order valence-corrected chi connectivity index (χ3v) is 3.04. The van der Waals surface area contributed by atoms with Gasteiger partial charge in [-0.05, 0) is 17.9 Å². The molecule has 1 unspecified atom stereocenters. The molecule has 0 fully saturated rings. The van der Waals surface area contributed by atoms with Crippen LogP contribution >= 0.6 is 0 Å². The van der Waals surface area contributed by atoms with E-state index in [9.17, 15) is 20.0 Å². The van der Waals surface area contributed by atoms with Gasteiger partial charge in [-0.2, -0.15) is 0 Å². The van der Waals surface area contributed by atoms with Crippen LogP contribution in [0.15, 0.2) is 24.3 Å². The highest BCUT2D eigenvalue weighted by Crippen LogP contribution is 2.12. The maximum absolute atomic E-state index is 11.7. The number of non-ortho nitro benzene ring substituents is 1. The molecule has 0 bridgehead atoms. The number of carbonyl (C=O) groups is 1. The number of nitro benzene ring substituents is 1. The number of aliphatic hydroxyl groups excluding tert-OH is 1. The largest absolute Gasteiger partial charge is 0.393 e. The summed E-state index contributed by atoms with van der Waals surface area (Å²) < 4.78 is 0. The fraction of sp³-hybridized carbons (Fsp3) is 0.500. The molecule has 2 N–H and O–H groups in total. The highest BCUT2D eigenvalue weighted by Gasteiger charge is 2.10. The summed E-state index contributed by atoms with van der Waals surface area (Å²) in [5.41, 5.74) is 0.728. The molecule has 110 valence electrons. The van der Waals surface area contributed by atoms with Crippen molar-refractivity contribution in [3.63, 3.8) is 0 Å². The Hall–Kier alpha value is -1.95. The predicted octanol–water partition coefficient (Wildman–Crippen LogP) is 1.66. The summed E-state index contributed by atoms with van der Waals surface area (Å²) >= 11 is 0. The molecule has 6 nitrogen and oxygen atoms in total. The van der Waals surface area contributed by atoms with E-state index in [0.29, 0.717) is 13.0 Å². The van der Waals surface area contributed by atoms with Crippen LogP contribution in [0.2, 0.25) is 0 Å². The Bertz CT molecular complexity index is 457. The number of nitro groups is 1. The quantitative estimate of drug-likeness (QED) is 0.587. The molecular weight excluding hydrogens is 260 g/mol. The van der Waals surface area contributed by atoms with Crippen LogP contribution in [0, 0.1) is 16.0 Å². The van der Waals surface area contributed by atoms with Gasteiger partial charge in [0, 0.05) is 18.7 Å². The molecule has 0 saturated carbocycles. The van der Waals surface area contributed by atoms with E-state index in [1.54, 1.807) is 12.1 Å². The standard InChI is InChI=1S/C14H20N2O4/c1-10(2)13(17)7-8-15-14(18)9-11-3-5-12(6-4-11)16(19)20/h3-6,10,13,17H,7-9H2,1-2H3,(H,15,18). The summed E-state index contributed by atoms with van der Waals surface area (Å²) in [5.74, 6) is 0.0105. The summed E-state index contributed by atoms with van der Waals surface area (Å²) in [6.45, 7) is 4.26. The van der Waals surface area contributed by atoms with Crippen molar-refractivity contribution in [1.82, 2.24) is 5.32 Å². The summed E-state index contributed by atoms with van der Waals surface area (Å²) in [6.07, 6.45) is 0.272. The van der Waals surface area contributed by atoms with Crippen molar-refractivity contribution in [2.24, 2.45) is 5.92 Å². The van der Waals surface area contributed by atoms with Crippen LogP contribution in [0.3, 0.4) is 0 Å². The first-order valence-electron chi connectivity index (χ1n) is 6.58. The maximum atomic E-state index is 11.7. The number of hydrogen-bond donors (Lipinski definition) is 2. The zero-order chi connectivity index (χ0) is 15.1. The molecule has 1 atom stereocenters. The van der Waals surface area contributed by atoms with Gasteiger partial charge in [0.15, 0.2) is 0 Å². The van der Waals surface area contributed by atoms with Gasteiger partial charge in [-0.15, -0.1) is 0 Å². The molecule has 1 aromatic rings. The first kappa shape index (κ1) is 16.1. The number of nitrogens with one attached hydrogen (secondary N) is 1. The van der Waals surface area contributed by atoms with Crippen LogP contribution in [0.25, 0.3) is 0 Å². The summed E-state index contributed by atoms with van der Waals surface area (Å²) in [5, 5.41) is 22.8. The average Bonchev–Trinajstić information content (AvgIpc) is 2.39. The Labute approximate surface area is 118 Å². The van der Waals surface area contributed by atoms with Crippen molar-refractivity contribution < 1.29 is 14.8 Å². The summed E-state index contributed by atoms with van der Waals surface area (Å²) in [6, 6.07) is 5.90. The molecule has 6 heteroatoms. The Morgan fingerprint density at radius 1 is 1.35 bits per heavy atom. The number of carbonyl (C=O) groups excluding carboxylic acids is 1. The summed E-state index contributed by atoms with van der Waals surface area (Å²) in [4.78, 5) is 21.7. The lowest BCUT2D eigenvalue weighted by Crippen LogP contribution is -2.29. The molecule has 20 heavy (non-hydrogen) atoms. The first-order chi connectivity index (χ1) is 9.40. The first-order valence-corrected chi connectivity index (χ1v) is 6.58. The zero-order valence-corrected chi connectivity index (χ0v) is 11.7. The highest BCUT2D eigenvalue weighted by atomic mass is 16.6. The topological polar surface area (TPSA) is 92.5 Å². The monoisotopic (exact) mass is 280 g/mol. The van der Waals surface area contributed by atoms with Crippen molar-refractivity contribution in [3.8, 4) is 0 Å². The number of nitrogens with zero attached hydrogens (tertiary/aromatic N) is 1. The van der Waals surface area contributed by atoms with Gasteiger partial charge in [-0.1, -0.05) is 26.0 Å². The molecule has 1 amide bonds. The average molecular weight is 280 g/mol. The van der Waals surface area contributed by atoms with E-state index >= 15 is 0 Å². The minimum absolute atomic E-state index is 0.00853.